The molecule has 0 fully saturated rings. The number of fused-ring (bicyclic) bond motifs is 1. The molecule has 0 amide bonds. The molecule has 0 aliphatic carbocycles. The fourth-order valence-electron chi connectivity index (χ4n) is 3.30. The lowest BCUT2D eigenvalue weighted by Crippen LogP contribution is -2.39. The lowest BCUT2D eigenvalue weighted by Gasteiger charge is -2.15. The lowest BCUT2D eigenvalue weighted by atomic mass is 10.1. The molecule has 2 aromatic heterocycles. The summed E-state index contributed by atoms with van der Waals surface area (Å²) in [6.45, 7) is 2.18. The van der Waals surface area contributed by atoms with Crippen molar-refractivity contribution in [1.82, 2.24) is 20.9 Å². The molecule has 3 aromatic rings. The second-order valence-corrected chi connectivity index (χ2v) is 8.30. The van der Waals surface area contributed by atoms with Crippen molar-refractivity contribution < 1.29 is 28.8 Å². The first kappa shape index (κ1) is 26.7. The van der Waals surface area contributed by atoms with Gasteiger partial charge in [0.25, 0.3) is 0 Å². The van der Waals surface area contributed by atoms with Crippen molar-refractivity contribution in [3.05, 3.63) is 52.9 Å². The van der Waals surface area contributed by atoms with Crippen LogP contribution in [0.4, 0.5) is 0 Å². The standard InChI is InChI=1S/C23H27ClN6O6/c1-13(16-5-2-3-9-27-16)34-20-12-19-14(11-15(20)24)17(29-35-19)7-8-21(31)36-30-18(22(32)33)6-4-10-28-23(25)26/h2-3,5,9,11-13,18,30H,4,6-8,10H2,1H3,(H,32,33)(H4,25,26,28)/t13-,18+/m1/s1. The molecule has 1 aromatic carbocycles. The number of nitrogens with two attached hydrogens (primary N) is 1. The van der Waals surface area contributed by atoms with E-state index in [9.17, 15) is 14.7 Å². The van der Waals surface area contributed by atoms with E-state index in [4.69, 9.17) is 36.8 Å². The third kappa shape index (κ3) is 7.55. The summed E-state index contributed by atoms with van der Waals surface area (Å²) >= 11 is 6.41. The summed E-state index contributed by atoms with van der Waals surface area (Å²) in [5.74, 6) is -1.62. The molecule has 13 heteroatoms. The Morgan fingerprint density at radius 2 is 2.14 bits per heavy atom. The summed E-state index contributed by atoms with van der Waals surface area (Å²) in [7, 11) is 0. The zero-order chi connectivity index (χ0) is 26.1. The first-order valence-electron chi connectivity index (χ1n) is 11.2. The number of carboxylic acids is 1. The average Bonchev–Trinajstić information content (AvgIpc) is 3.23. The number of hydrogen-bond donors (Lipinski definition) is 5. The maximum atomic E-state index is 12.2. The van der Waals surface area contributed by atoms with E-state index in [-0.39, 0.29) is 31.3 Å². The van der Waals surface area contributed by atoms with E-state index < -0.39 is 18.0 Å². The number of nitrogens with zero attached hydrogens (tertiary/aromatic N) is 2. The number of carbonyl (C=O) groups excluding carboxylic acids is 1. The van der Waals surface area contributed by atoms with Crippen molar-refractivity contribution in [2.45, 2.75) is 44.8 Å². The van der Waals surface area contributed by atoms with Gasteiger partial charge in [-0.3, -0.25) is 20.0 Å². The van der Waals surface area contributed by atoms with E-state index in [1.165, 1.54) is 0 Å². The first-order chi connectivity index (χ1) is 17.2. The number of hydroxylamine groups is 1. The predicted molar refractivity (Wildman–Crippen MR) is 130 cm³/mol. The minimum atomic E-state index is -1.17. The number of guanidine groups is 1. The Balaban J connectivity index is 1.54. The fourth-order valence-corrected chi connectivity index (χ4v) is 3.51. The van der Waals surface area contributed by atoms with E-state index in [0.29, 0.717) is 40.4 Å². The zero-order valence-corrected chi connectivity index (χ0v) is 20.2. The molecule has 0 radical (unpaired) electrons. The maximum absolute atomic E-state index is 12.2. The molecule has 192 valence electrons. The van der Waals surface area contributed by atoms with Crippen LogP contribution in [0.5, 0.6) is 5.75 Å². The first-order valence-corrected chi connectivity index (χ1v) is 11.5. The highest BCUT2D eigenvalue weighted by atomic mass is 35.5. The second kappa shape index (κ2) is 12.7. The maximum Gasteiger partial charge on any atom is 0.325 e. The van der Waals surface area contributed by atoms with Gasteiger partial charge in [-0.2, -0.15) is 0 Å². The van der Waals surface area contributed by atoms with Crippen LogP contribution in [-0.4, -0.2) is 45.7 Å². The largest absolute Gasteiger partial charge is 0.483 e. The Morgan fingerprint density at radius 3 is 2.83 bits per heavy atom. The highest BCUT2D eigenvalue weighted by molar-refractivity contribution is 6.32. The Kier molecular flexibility index (Phi) is 9.42. The SMILES string of the molecule is C[C@@H](Oc1cc2onc(CCC(=O)ON[C@@H](CCCNC(=N)N)C(=O)O)c2cc1Cl)c1ccccn1. The van der Waals surface area contributed by atoms with Crippen LogP contribution in [-0.2, 0) is 20.8 Å². The van der Waals surface area contributed by atoms with Gasteiger partial charge < -0.3 is 30.3 Å². The Morgan fingerprint density at radius 1 is 1.33 bits per heavy atom. The van der Waals surface area contributed by atoms with E-state index in [2.05, 4.69) is 20.9 Å². The molecule has 0 bridgehead atoms. The summed E-state index contributed by atoms with van der Waals surface area (Å²) in [5.41, 5.74) is 9.13. The molecule has 0 unspecified atom stereocenters. The number of carbonyl (C=O) groups is 2. The highest BCUT2D eigenvalue weighted by Gasteiger charge is 2.20. The molecule has 0 aliphatic heterocycles. The monoisotopic (exact) mass is 518 g/mol. The van der Waals surface area contributed by atoms with Crippen LogP contribution >= 0.6 is 11.6 Å². The number of aliphatic carboxylic acids is 1. The van der Waals surface area contributed by atoms with Crippen LogP contribution in [0.3, 0.4) is 0 Å². The summed E-state index contributed by atoms with van der Waals surface area (Å²) in [6.07, 6.45) is 2.02. The molecule has 0 spiro atoms. The molecule has 3 rings (SSSR count). The highest BCUT2D eigenvalue weighted by Crippen LogP contribution is 2.34. The minimum Gasteiger partial charge on any atom is -0.483 e. The average molecular weight is 519 g/mol. The fraction of sp³-hybridized carbons (Fsp3) is 0.348. The van der Waals surface area contributed by atoms with Crippen molar-refractivity contribution >= 4 is 40.5 Å². The number of rotatable bonds is 13. The van der Waals surface area contributed by atoms with Crippen molar-refractivity contribution in [2.75, 3.05) is 6.54 Å². The Bertz CT molecular complexity index is 1200. The number of aryl methyl sites for hydroxylation is 1. The molecule has 0 aliphatic rings. The number of nitrogens with one attached hydrogen (secondary N) is 3. The van der Waals surface area contributed by atoms with E-state index in [0.717, 1.165) is 5.69 Å². The zero-order valence-electron chi connectivity index (χ0n) is 19.5. The van der Waals surface area contributed by atoms with E-state index in [1.807, 2.05) is 25.1 Å². The molecule has 2 atom stereocenters. The van der Waals surface area contributed by atoms with E-state index >= 15 is 0 Å². The van der Waals surface area contributed by atoms with Gasteiger partial charge in [0.05, 0.1) is 22.8 Å². The number of halogens is 1. The predicted octanol–water partition coefficient (Wildman–Crippen LogP) is 2.71. The van der Waals surface area contributed by atoms with Crippen molar-refractivity contribution in [2.24, 2.45) is 5.73 Å². The Hall–Kier alpha value is -3.90. The number of ether oxygens (including phenoxy) is 1. The van der Waals surface area contributed by atoms with Gasteiger partial charge >= 0.3 is 11.9 Å². The van der Waals surface area contributed by atoms with Gasteiger partial charge in [-0.25, -0.2) is 0 Å². The third-order valence-corrected chi connectivity index (χ3v) is 5.47. The second-order valence-electron chi connectivity index (χ2n) is 7.89. The molecular weight excluding hydrogens is 492 g/mol. The quantitative estimate of drug-likeness (QED) is 0.0968. The topological polar surface area (TPSA) is 186 Å². The number of benzene rings is 1. The van der Waals surface area contributed by atoms with Crippen molar-refractivity contribution in [1.29, 1.82) is 5.41 Å². The van der Waals surface area contributed by atoms with Crippen LogP contribution in [0.1, 0.15) is 43.7 Å². The van der Waals surface area contributed by atoms with Crippen LogP contribution < -0.4 is 21.3 Å². The summed E-state index contributed by atoms with van der Waals surface area (Å²) in [5, 5.41) is 23.9. The molecular formula is C23H27ClN6O6. The van der Waals surface area contributed by atoms with Crippen LogP contribution in [0.2, 0.25) is 5.02 Å². The van der Waals surface area contributed by atoms with Gasteiger partial charge in [-0.15, -0.1) is 5.48 Å². The molecule has 36 heavy (non-hydrogen) atoms. The minimum absolute atomic E-state index is 0.0700. The van der Waals surface area contributed by atoms with Crippen molar-refractivity contribution in [3.63, 3.8) is 0 Å². The van der Waals surface area contributed by atoms with Gasteiger partial charge in [0.15, 0.2) is 11.5 Å². The Labute approximate surface area is 211 Å². The number of pyridine rings is 1. The van der Waals surface area contributed by atoms with Crippen LogP contribution in [0.25, 0.3) is 11.0 Å². The number of aromatic nitrogens is 2. The van der Waals surface area contributed by atoms with Crippen LogP contribution in [0, 0.1) is 5.41 Å². The smallest absolute Gasteiger partial charge is 0.325 e. The number of carboxylic acid groups (broad SMARTS) is 1. The molecule has 0 saturated heterocycles. The molecule has 2 heterocycles. The summed E-state index contributed by atoms with van der Waals surface area (Å²) in [4.78, 5) is 32.7. The normalized spacial score (nSPS) is 12.6. The van der Waals surface area contributed by atoms with Gasteiger partial charge in [-0.1, -0.05) is 22.8 Å². The van der Waals surface area contributed by atoms with Gasteiger partial charge in [-0.05, 0) is 38.0 Å². The van der Waals surface area contributed by atoms with Gasteiger partial charge in [0.1, 0.15) is 17.9 Å². The third-order valence-electron chi connectivity index (χ3n) is 5.17. The summed E-state index contributed by atoms with van der Waals surface area (Å²) < 4.78 is 11.3. The number of hydrogen-bond acceptors (Lipinski definition) is 9. The van der Waals surface area contributed by atoms with E-state index in [1.54, 1.807) is 18.3 Å². The molecule has 0 saturated carbocycles. The van der Waals surface area contributed by atoms with Gasteiger partial charge in [0, 0.05) is 30.6 Å². The molecule has 12 nitrogen and oxygen atoms in total. The lowest BCUT2D eigenvalue weighted by molar-refractivity contribution is -0.158. The van der Waals surface area contributed by atoms with Gasteiger partial charge in [0.2, 0.25) is 0 Å². The van der Waals surface area contributed by atoms with Crippen molar-refractivity contribution in [3.8, 4) is 5.75 Å². The summed E-state index contributed by atoms with van der Waals surface area (Å²) in [6, 6.07) is 7.72. The molecule has 6 N–H and O–H groups in total. The van der Waals surface area contributed by atoms with Crippen LogP contribution in [0.15, 0.2) is 41.1 Å².